The van der Waals surface area contributed by atoms with Crippen LogP contribution in [0.2, 0.25) is 0 Å². The van der Waals surface area contributed by atoms with E-state index in [0.717, 1.165) is 11.1 Å². The minimum atomic E-state index is -1.25. The van der Waals surface area contributed by atoms with Crippen LogP contribution in [0.3, 0.4) is 0 Å². The predicted octanol–water partition coefficient (Wildman–Crippen LogP) is 3.11. The lowest BCUT2D eigenvalue weighted by atomic mass is 9.97. The van der Waals surface area contributed by atoms with Crippen LogP contribution in [-0.4, -0.2) is 46.4 Å². The summed E-state index contributed by atoms with van der Waals surface area (Å²) >= 11 is 0. The zero-order valence-electron chi connectivity index (χ0n) is 18.4. The lowest BCUT2D eigenvalue weighted by Gasteiger charge is -2.18. The van der Waals surface area contributed by atoms with Crippen LogP contribution >= 0.6 is 0 Å². The SMILES string of the molecule is CCOC(=O)[C@@]1(C(=O)NCCc2ccccc2)C[C@H]1c1cc(OC)c(OC)c(OC)c1. The maximum absolute atomic E-state index is 13.2. The van der Waals surface area contributed by atoms with Gasteiger partial charge in [0.05, 0.1) is 27.9 Å². The molecule has 0 unspecified atom stereocenters. The smallest absolute Gasteiger partial charge is 0.322 e. The highest BCUT2D eigenvalue weighted by atomic mass is 16.5. The molecule has 0 bridgehead atoms. The molecule has 31 heavy (non-hydrogen) atoms. The van der Waals surface area contributed by atoms with Gasteiger partial charge in [0.25, 0.3) is 0 Å². The molecule has 0 aliphatic heterocycles. The Hall–Kier alpha value is -3.22. The summed E-state index contributed by atoms with van der Waals surface area (Å²) in [6.07, 6.45) is 1.04. The monoisotopic (exact) mass is 427 g/mol. The van der Waals surface area contributed by atoms with E-state index < -0.39 is 11.4 Å². The molecule has 2 atom stereocenters. The van der Waals surface area contributed by atoms with E-state index in [1.807, 2.05) is 30.3 Å². The minimum Gasteiger partial charge on any atom is -0.493 e. The summed E-state index contributed by atoms with van der Waals surface area (Å²) in [6.45, 7) is 2.38. The Kier molecular flexibility index (Phi) is 7.05. The second-order valence-electron chi connectivity index (χ2n) is 7.40. The third kappa shape index (κ3) is 4.45. The molecular formula is C24H29NO6. The Bertz CT molecular complexity index is 904. The summed E-state index contributed by atoms with van der Waals surface area (Å²) in [5, 5.41) is 2.93. The van der Waals surface area contributed by atoms with Crippen molar-refractivity contribution in [1.82, 2.24) is 5.32 Å². The molecule has 0 aromatic heterocycles. The van der Waals surface area contributed by atoms with Crippen LogP contribution in [0.1, 0.15) is 30.4 Å². The Morgan fingerprint density at radius 1 is 1.03 bits per heavy atom. The van der Waals surface area contributed by atoms with Crippen LogP contribution in [0.5, 0.6) is 17.2 Å². The number of nitrogens with one attached hydrogen (secondary N) is 1. The highest BCUT2D eigenvalue weighted by molar-refractivity contribution is 6.07. The first-order chi connectivity index (χ1) is 15.0. The van der Waals surface area contributed by atoms with Crippen molar-refractivity contribution < 1.29 is 28.5 Å². The lowest BCUT2D eigenvalue weighted by molar-refractivity contribution is -0.154. The van der Waals surface area contributed by atoms with Crippen LogP contribution in [0.15, 0.2) is 42.5 Å². The average molecular weight is 427 g/mol. The number of benzene rings is 2. The van der Waals surface area contributed by atoms with E-state index in [-0.39, 0.29) is 18.4 Å². The van der Waals surface area contributed by atoms with Gasteiger partial charge in [-0.1, -0.05) is 30.3 Å². The maximum Gasteiger partial charge on any atom is 0.322 e. The van der Waals surface area contributed by atoms with Crippen molar-refractivity contribution in [3.05, 3.63) is 53.6 Å². The number of hydrogen-bond acceptors (Lipinski definition) is 6. The topological polar surface area (TPSA) is 83.1 Å². The van der Waals surface area contributed by atoms with Crippen molar-refractivity contribution in [2.24, 2.45) is 5.41 Å². The summed E-state index contributed by atoms with van der Waals surface area (Å²) in [5.74, 6) is 0.254. The molecule has 0 spiro atoms. The van der Waals surface area contributed by atoms with E-state index >= 15 is 0 Å². The first-order valence-corrected chi connectivity index (χ1v) is 10.3. The summed E-state index contributed by atoms with van der Waals surface area (Å²) in [7, 11) is 4.59. The lowest BCUT2D eigenvalue weighted by Crippen LogP contribution is -2.40. The highest BCUT2D eigenvalue weighted by Gasteiger charge is 2.67. The molecule has 1 aliphatic carbocycles. The van der Waals surface area contributed by atoms with E-state index in [1.165, 1.54) is 21.3 Å². The fraction of sp³-hybridized carbons (Fsp3) is 0.417. The maximum atomic E-state index is 13.2. The van der Waals surface area contributed by atoms with Crippen molar-refractivity contribution >= 4 is 11.9 Å². The third-order valence-corrected chi connectivity index (χ3v) is 5.64. The van der Waals surface area contributed by atoms with Crippen LogP contribution in [0.25, 0.3) is 0 Å². The van der Waals surface area contributed by atoms with E-state index in [0.29, 0.717) is 36.6 Å². The Balaban J connectivity index is 1.83. The molecule has 2 aromatic rings. The number of esters is 1. The summed E-state index contributed by atoms with van der Waals surface area (Å²) in [4.78, 5) is 26.0. The number of amides is 1. The van der Waals surface area contributed by atoms with Gasteiger partial charge in [-0.25, -0.2) is 0 Å². The van der Waals surface area contributed by atoms with Gasteiger partial charge in [-0.15, -0.1) is 0 Å². The molecule has 1 saturated carbocycles. The number of carbonyl (C=O) groups excluding carboxylic acids is 2. The zero-order valence-corrected chi connectivity index (χ0v) is 18.4. The number of carbonyl (C=O) groups is 2. The molecule has 2 aromatic carbocycles. The van der Waals surface area contributed by atoms with Crippen LogP contribution in [-0.2, 0) is 20.7 Å². The molecule has 3 rings (SSSR count). The Morgan fingerprint density at radius 3 is 2.23 bits per heavy atom. The van der Waals surface area contributed by atoms with Gasteiger partial charge >= 0.3 is 5.97 Å². The molecule has 1 aliphatic rings. The molecule has 0 radical (unpaired) electrons. The average Bonchev–Trinajstić information content (AvgIpc) is 3.56. The summed E-state index contributed by atoms with van der Waals surface area (Å²) < 4.78 is 21.5. The van der Waals surface area contributed by atoms with Gasteiger partial charge in [0.1, 0.15) is 0 Å². The second kappa shape index (κ2) is 9.73. The van der Waals surface area contributed by atoms with Crippen molar-refractivity contribution in [2.45, 2.75) is 25.7 Å². The van der Waals surface area contributed by atoms with Gasteiger partial charge in [-0.05, 0) is 43.0 Å². The van der Waals surface area contributed by atoms with Crippen LogP contribution in [0, 0.1) is 5.41 Å². The molecule has 7 nitrogen and oxygen atoms in total. The van der Waals surface area contributed by atoms with Gasteiger partial charge in [-0.2, -0.15) is 0 Å². The largest absolute Gasteiger partial charge is 0.493 e. The molecule has 1 N–H and O–H groups in total. The van der Waals surface area contributed by atoms with E-state index in [9.17, 15) is 9.59 Å². The van der Waals surface area contributed by atoms with Crippen molar-refractivity contribution in [2.75, 3.05) is 34.5 Å². The van der Waals surface area contributed by atoms with Gasteiger partial charge in [0.15, 0.2) is 16.9 Å². The van der Waals surface area contributed by atoms with Gasteiger partial charge in [0, 0.05) is 12.5 Å². The molecular weight excluding hydrogens is 398 g/mol. The molecule has 0 heterocycles. The molecule has 0 saturated heterocycles. The number of ether oxygens (including phenoxy) is 4. The Morgan fingerprint density at radius 2 is 1.68 bits per heavy atom. The van der Waals surface area contributed by atoms with Crippen molar-refractivity contribution in [3.8, 4) is 17.2 Å². The summed E-state index contributed by atoms with van der Waals surface area (Å²) in [6, 6.07) is 13.4. The second-order valence-corrected chi connectivity index (χ2v) is 7.40. The summed E-state index contributed by atoms with van der Waals surface area (Å²) in [5.41, 5.74) is 0.628. The molecule has 166 valence electrons. The quantitative estimate of drug-likeness (QED) is 0.463. The standard InChI is InChI=1S/C24H29NO6/c1-5-31-23(27)24(22(26)25-12-11-16-9-7-6-8-10-16)15-18(24)17-13-19(28-2)21(30-4)20(14-17)29-3/h6-10,13-14,18H,5,11-12,15H2,1-4H3,(H,25,26)/t18-,24-/m0/s1. The van der Waals surface area contributed by atoms with Crippen LogP contribution in [0.4, 0.5) is 0 Å². The van der Waals surface area contributed by atoms with Crippen molar-refractivity contribution in [3.63, 3.8) is 0 Å². The van der Waals surface area contributed by atoms with E-state index in [2.05, 4.69) is 5.32 Å². The first kappa shape index (κ1) is 22.5. The highest BCUT2D eigenvalue weighted by Crippen LogP contribution is 2.61. The molecule has 7 heteroatoms. The molecule has 1 amide bonds. The van der Waals surface area contributed by atoms with E-state index in [4.69, 9.17) is 18.9 Å². The number of rotatable bonds is 10. The molecule has 1 fully saturated rings. The van der Waals surface area contributed by atoms with Gasteiger partial charge in [0.2, 0.25) is 11.7 Å². The predicted molar refractivity (Wildman–Crippen MR) is 116 cm³/mol. The number of hydrogen-bond donors (Lipinski definition) is 1. The third-order valence-electron chi connectivity index (χ3n) is 5.64. The fourth-order valence-electron chi connectivity index (χ4n) is 3.92. The van der Waals surface area contributed by atoms with Gasteiger partial charge < -0.3 is 24.3 Å². The number of methoxy groups -OCH3 is 3. The van der Waals surface area contributed by atoms with Crippen LogP contribution < -0.4 is 19.5 Å². The fourth-order valence-corrected chi connectivity index (χ4v) is 3.92. The normalized spacial score (nSPS) is 19.3. The zero-order chi connectivity index (χ0) is 22.4. The van der Waals surface area contributed by atoms with Gasteiger partial charge in [-0.3, -0.25) is 9.59 Å². The van der Waals surface area contributed by atoms with E-state index in [1.54, 1.807) is 19.1 Å². The first-order valence-electron chi connectivity index (χ1n) is 10.3. The Labute approximate surface area is 182 Å². The van der Waals surface area contributed by atoms with Crippen molar-refractivity contribution in [1.29, 1.82) is 0 Å². The minimum absolute atomic E-state index is 0.208.